The lowest BCUT2D eigenvalue weighted by molar-refractivity contribution is -0.746. The number of nitrogens with one attached hydrogen (secondary N) is 2. The van der Waals surface area contributed by atoms with Crippen LogP contribution in [-0.2, 0) is 27.9 Å². The Bertz CT molecular complexity index is 949. The third-order valence-corrected chi connectivity index (χ3v) is 4.26. The van der Waals surface area contributed by atoms with E-state index in [2.05, 4.69) is 15.1 Å². The van der Waals surface area contributed by atoms with Gasteiger partial charge in [0, 0.05) is 24.4 Å². The average molecular weight is 392 g/mol. The number of aryl methyl sites for hydroxylation is 1. The number of H-pyrrole nitrogens is 1. The summed E-state index contributed by atoms with van der Waals surface area (Å²) in [5, 5.41) is 15.6. The van der Waals surface area contributed by atoms with Crippen LogP contribution in [0, 0.1) is 10.1 Å². The molecule has 28 heavy (non-hydrogen) atoms. The second-order valence-electron chi connectivity index (χ2n) is 6.16. The summed E-state index contributed by atoms with van der Waals surface area (Å²) in [4.78, 5) is 48.0. The maximum Gasteiger partial charge on any atom is 0.431 e. The number of morpholine rings is 1. The molecule has 1 fully saturated rings. The number of anilines is 1. The van der Waals surface area contributed by atoms with Gasteiger partial charge in [-0.25, -0.2) is 4.79 Å². The number of nitro benzene ring substituents is 1. The Labute approximate surface area is 157 Å². The van der Waals surface area contributed by atoms with Crippen LogP contribution in [0.2, 0.25) is 0 Å². The van der Waals surface area contributed by atoms with Crippen molar-refractivity contribution in [2.45, 2.75) is 19.1 Å². The minimum Gasteiger partial charge on any atom is -0.366 e. The largest absolute Gasteiger partial charge is 0.431 e. The lowest BCUT2D eigenvalue weighted by Crippen LogP contribution is -2.50. The highest BCUT2D eigenvalue weighted by molar-refractivity contribution is 5.95. The molecule has 2 amide bonds. The monoisotopic (exact) mass is 392 g/mol. The van der Waals surface area contributed by atoms with E-state index >= 15 is 0 Å². The molecule has 1 aromatic carbocycles. The number of amides is 2. The maximum atomic E-state index is 12.6. The SMILES string of the molecule is C[n+]1[nH]oc(=O)c1CN1CCOC(CC(=O)Nc2ccc([N+](=O)[O-])cc2)C1=O. The summed E-state index contributed by atoms with van der Waals surface area (Å²) in [5.41, 5.74) is -0.0342. The molecule has 1 atom stereocenters. The molecule has 0 bridgehead atoms. The van der Waals surface area contributed by atoms with Crippen LogP contribution in [0.4, 0.5) is 11.4 Å². The van der Waals surface area contributed by atoms with E-state index in [9.17, 15) is 24.5 Å². The zero-order valence-electron chi connectivity index (χ0n) is 14.9. The number of rotatable bonds is 6. The highest BCUT2D eigenvalue weighted by atomic mass is 16.6. The van der Waals surface area contributed by atoms with Crippen LogP contribution >= 0.6 is 0 Å². The average Bonchev–Trinajstić information content (AvgIpc) is 2.97. The number of nitro groups is 1. The molecule has 0 saturated carbocycles. The second-order valence-corrected chi connectivity index (χ2v) is 6.16. The Hall–Kier alpha value is -3.54. The van der Waals surface area contributed by atoms with Crippen LogP contribution in [-0.4, -0.2) is 46.2 Å². The minimum atomic E-state index is -0.983. The molecule has 2 aromatic rings. The summed E-state index contributed by atoms with van der Waals surface area (Å²) in [6.45, 7) is 0.537. The van der Waals surface area contributed by atoms with Gasteiger partial charge in [-0.2, -0.15) is 0 Å². The lowest BCUT2D eigenvalue weighted by atomic mass is 10.1. The molecule has 0 spiro atoms. The predicted octanol–water partition coefficient (Wildman–Crippen LogP) is -0.543. The number of aromatic amines is 1. The Kier molecular flexibility index (Phi) is 5.49. The van der Waals surface area contributed by atoms with Crippen molar-refractivity contribution in [1.82, 2.24) is 10.2 Å². The first-order valence-electron chi connectivity index (χ1n) is 8.36. The fraction of sp³-hybridized carbons (Fsp3) is 0.375. The lowest BCUT2D eigenvalue weighted by Gasteiger charge is -2.30. The maximum absolute atomic E-state index is 12.6. The molecule has 1 aliphatic heterocycles. The van der Waals surface area contributed by atoms with Gasteiger partial charge in [-0.15, -0.1) is 0 Å². The van der Waals surface area contributed by atoms with Crippen molar-refractivity contribution in [3.05, 3.63) is 50.5 Å². The van der Waals surface area contributed by atoms with E-state index in [1.807, 2.05) is 0 Å². The first-order chi connectivity index (χ1) is 13.3. The molecule has 2 N–H and O–H groups in total. The molecule has 3 rings (SSSR count). The number of carbonyl (C=O) groups is 2. The van der Waals surface area contributed by atoms with Crippen molar-refractivity contribution < 1.29 is 28.5 Å². The summed E-state index contributed by atoms with van der Waals surface area (Å²) in [5.74, 6) is -0.883. The third-order valence-electron chi connectivity index (χ3n) is 4.26. The predicted molar refractivity (Wildman–Crippen MR) is 92.0 cm³/mol. The van der Waals surface area contributed by atoms with E-state index in [4.69, 9.17) is 4.74 Å². The molecule has 1 aromatic heterocycles. The normalized spacial score (nSPS) is 16.8. The second kappa shape index (κ2) is 8.00. The number of aromatic nitrogens is 2. The van der Waals surface area contributed by atoms with Gasteiger partial charge in [-0.1, -0.05) is 4.68 Å². The van der Waals surface area contributed by atoms with Crippen LogP contribution in [0.3, 0.4) is 0 Å². The third kappa shape index (κ3) is 4.23. The van der Waals surface area contributed by atoms with E-state index in [-0.39, 0.29) is 37.5 Å². The molecular formula is C16H18N5O7+. The zero-order valence-corrected chi connectivity index (χ0v) is 14.9. The van der Waals surface area contributed by atoms with Gasteiger partial charge in [0.1, 0.15) is 12.6 Å². The fourth-order valence-corrected chi connectivity index (χ4v) is 2.75. The number of nitrogens with zero attached hydrogens (tertiary/aromatic N) is 3. The molecule has 1 unspecified atom stereocenters. The van der Waals surface area contributed by atoms with Crippen LogP contribution < -0.4 is 15.6 Å². The molecule has 12 heteroatoms. The summed E-state index contributed by atoms with van der Waals surface area (Å²) in [7, 11) is 1.58. The van der Waals surface area contributed by atoms with Gasteiger partial charge < -0.3 is 15.0 Å². The summed E-state index contributed by atoms with van der Waals surface area (Å²) >= 11 is 0. The molecule has 12 nitrogen and oxygen atoms in total. The summed E-state index contributed by atoms with van der Waals surface area (Å²) in [6.07, 6.45) is -1.21. The molecule has 148 valence electrons. The minimum absolute atomic E-state index is 0.0327. The first-order valence-corrected chi connectivity index (χ1v) is 8.36. The molecule has 0 radical (unpaired) electrons. The Morgan fingerprint density at radius 1 is 1.39 bits per heavy atom. The topological polar surface area (TPSA) is 152 Å². The number of non-ortho nitro benzene ring substituents is 1. The molecular weight excluding hydrogens is 374 g/mol. The van der Waals surface area contributed by atoms with Gasteiger partial charge in [-0.3, -0.25) is 24.2 Å². The van der Waals surface area contributed by atoms with Gasteiger partial charge in [0.15, 0.2) is 7.05 Å². The number of hydrogen-bond donors (Lipinski definition) is 2. The van der Waals surface area contributed by atoms with Crippen molar-refractivity contribution in [2.75, 3.05) is 18.5 Å². The van der Waals surface area contributed by atoms with Crippen molar-refractivity contribution >= 4 is 23.2 Å². The van der Waals surface area contributed by atoms with Crippen LogP contribution in [0.1, 0.15) is 12.1 Å². The number of carbonyl (C=O) groups excluding carboxylic acids is 2. The van der Waals surface area contributed by atoms with Gasteiger partial charge in [0.2, 0.25) is 5.91 Å². The molecule has 1 aliphatic rings. The Morgan fingerprint density at radius 2 is 2.11 bits per heavy atom. The zero-order chi connectivity index (χ0) is 20.3. The number of ether oxygens (including phenoxy) is 1. The standard InChI is InChI=1S/C16H17N5O7/c1-19-12(16(24)28-18-19)9-20-6-7-27-13(15(20)23)8-14(22)17-10-2-4-11(5-3-10)21(25)26/h2-5,13H,6-9H2,1H3,(H-,17,18,22,24)/p+1. The van der Waals surface area contributed by atoms with E-state index in [1.165, 1.54) is 33.8 Å². The molecule has 0 aliphatic carbocycles. The van der Waals surface area contributed by atoms with Crippen molar-refractivity contribution in [2.24, 2.45) is 7.05 Å². The van der Waals surface area contributed by atoms with Gasteiger partial charge in [-0.05, 0) is 17.4 Å². The summed E-state index contributed by atoms with van der Waals surface area (Å²) in [6, 6.07) is 5.33. The van der Waals surface area contributed by atoms with Crippen LogP contribution in [0.5, 0.6) is 0 Å². The first kappa shape index (κ1) is 19.2. The van der Waals surface area contributed by atoms with E-state index in [0.717, 1.165) is 0 Å². The van der Waals surface area contributed by atoms with Crippen LogP contribution in [0.15, 0.2) is 33.6 Å². The van der Waals surface area contributed by atoms with E-state index in [1.54, 1.807) is 7.05 Å². The number of benzene rings is 1. The molecule has 2 heterocycles. The fourth-order valence-electron chi connectivity index (χ4n) is 2.75. The molecule has 1 saturated heterocycles. The smallest absolute Gasteiger partial charge is 0.366 e. The number of hydrogen-bond acceptors (Lipinski definition) is 7. The van der Waals surface area contributed by atoms with Crippen molar-refractivity contribution in [1.29, 1.82) is 0 Å². The van der Waals surface area contributed by atoms with Crippen molar-refractivity contribution in [3.8, 4) is 0 Å². The van der Waals surface area contributed by atoms with Crippen molar-refractivity contribution in [3.63, 3.8) is 0 Å². The Morgan fingerprint density at radius 3 is 2.71 bits per heavy atom. The highest BCUT2D eigenvalue weighted by Crippen LogP contribution is 2.17. The highest BCUT2D eigenvalue weighted by Gasteiger charge is 2.34. The van der Waals surface area contributed by atoms with Gasteiger partial charge in [0.25, 0.3) is 11.6 Å². The van der Waals surface area contributed by atoms with Gasteiger partial charge in [0.05, 0.1) is 18.0 Å². The van der Waals surface area contributed by atoms with E-state index < -0.39 is 28.5 Å². The quantitative estimate of drug-likeness (QED) is 0.380. The summed E-state index contributed by atoms with van der Waals surface area (Å²) < 4.78 is 11.4. The van der Waals surface area contributed by atoms with Crippen LogP contribution in [0.25, 0.3) is 0 Å². The Balaban J connectivity index is 1.60. The van der Waals surface area contributed by atoms with Gasteiger partial charge >= 0.3 is 11.3 Å². The van der Waals surface area contributed by atoms with E-state index in [0.29, 0.717) is 5.69 Å².